The standard InChI is InChI=1S/C7H16N/c1-4-7(3)6-8-5-2/h5,7-8H,4,6H2,1-3H3. The zero-order valence-electron chi connectivity index (χ0n) is 6.07. The van der Waals surface area contributed by atoms with Gasteiger partial charge in [-0.15, -0.1) is 0 Å². The molecule has 0 bridgehead atoms. The molecule has 0 aromatic carbocycles. The zero-order valence-corrected chi connectivity index (χ0v) is 6.07. The fourth-order valence-electron chi connectivity index (χ4n) is 0.463. The highest BCUT2D eigenvalue weighted by molar-refractivity contribution is 4.57. The van der Waals surface area contributed by atoms with Gasteiger partial charge < -0.3 is 5.32 Å². The molecule has 1 nitrogen and oxygen atoms in total. The van der Waals surface area contributed by atoms with E-state index in [2.05, 4.69) is 19.2 Å². The third-order valence-corrected chi connectivity index (χ3v) is 1.37. The van der Waals surface area contributed by atoms with Crippen LogP contribution in [0.15, 0.2) is 0 Å². The molecule has 0 aliphatic heterocycles. The van der Waals surface area contributed by atoms with E-state index in [1.807, 2.05) is 13.5 Å². The first-order chi connectivity index (χ1) is 3.81. The Morgan fingerprint density at radius 3 is 2.62 bits per heavy atom. The summed E-state index contributed by atoms with van der Waals surface area (Å²) in [6, 6.07) is 0. The first-order valence-corrected chi connectivity index (χ1v) is 3.32. The maximum atomic E-state index is 3.17. The molecule has 0 amide bonds. The van der Waals surface area contributed by atoms with Crippen molar-refractivity contribution in [3.05, 3.63) is 6.54 Å². The van der Waals surface area contributed by atoms with Gasteiger partial charge in [-0.3, -0.25) is 0 Å². The molecule has 0 rings (SSSR count). The second kappa shape index (κ2) is 5.10. The van der Waals surface area contributed by atoms with Crippen molar-refractivity contribution in [1.29, 1.82) is 0 Å². The Balaban J connectivity index is 2.86. The largest absolute Gasteiger partial charge is 0.312 e. The van der Waals surface area contributed by atoms with Gasteiger partial charge in [0.2, 0.25) is 0 Å². The van der Waals surface area contributed by atoms with Gasteiger partial charge in [0, 0.05) is 6.54 Å². The van der Waals surface area contributed by atoms with Crippen molar-refractivity contribution in [2.24, 2.45) is 5.92 Å². The molecule has 1 N–H and O–H groups in total. The Kier molecular flexibility index (Phi) is 5.08. The van der Waals surface area contributed by atoms with Crippen LogP contribution in [0.1, 0.15) is 27.2 Å². The van der Waals surface area contributed by atoms with Crippen molar-refractivity contribution in [3.63, 3.8) is 0 Å². The topological polar surface area (TPSA) is 12.0 Å². The van der Waals surface area contributed by atoms with Gasteiger partial charge in [0.1, 0.15) is 0 Å². The summed E-state index contributed by atoms with van der Waals surface area (Å²) in [5.41, 5.74) is 0. The lowest BCUT2D eigenvalue weighted by molar-refractivity contribution is 0.528. The first-order valence-electron chi connectivity index (χ1n) is 3.32. The molecule has 0 aliphatic carbocycles. The molecule has 49 valence electrons. The van der Waals surface area contributed by atoms with Crippen molar-refractivity contribution in [2.45, 2.75) is 27.2 Å². The summed E-state index contributed by atoms with van der Waals surface area (Å²) in [6.45, 7) is 9.58. The minimum absolute atomic E-state index is 0.811. The Labute approximate surface area is 52.5 Å². The van der Waals surface area contributed by atoms with Crippen molar-refractivity contribution < 1.29 is 0 Å². The fraction of sp³-hybridized carbons (Fsp3) is 0.857. The average molecular weight is 114 g/mol. The van der Waals surface area contributed by atoms with Gasteiger partial charge >= 0.3 is 0 Å². The monoisotopic (exact) mass is 114 g/mol. The van der Waals surface area contributed by atoms with Crippen LogP contribution in [0.25, 0.3) is 0 Å². The Morgan fingerprint density at radius 1 is 1.62 bits per heavy atom. The van der Waals surface area contributed by atoms with Crippen molar-refractivity contribution >= 4 is 0 Å². The third kappa shape index (κ3) is 4.13. The van der Waals surface area contributed by atoms with Gasteiger partial charge in [0.15, 0.2) is 0 Å². The third-order valence-electron chi connectivity index (χ3n) is 1.37. The summed E-state index contributed by atoms with van der Waals surface area (Å²) in [5, 5.41) is 3.17. The summed E-state index contributed by atoms with van der Waals surface area (Å²) in [5.74, 6) is 0.811. The predicted octanol–water partition coefficient (Wildman–Crippen LogP) is 1.80. The van der Waals surface area contributed by atoms with E-state index in [0.717, 1.165) is 12.5 Å². The van der Waals surface area contributed by atoms with E-state index in [1.165, 1.54) is 6.42 Å². The zero-order chi connectivity index (χ0) is 6.41. The number of hydrogen-bond acceptors (Lipinski definition) is 1. The molecule has 0 aliphatic rings. The van der Waals surface area contributed by atoms with Crippen LogP contribution in [0.4, 0.5) is 0 Å². The van der Waals surface area contributed by atoms with Gasteiger partial charge in [-0.2, -0.15) is 0 Å². The van der Waals surface area contributed by atoms with E-state index in [-0.39, 0.29) is 0 Å². The van der Waals surface area contributed by atoms with Gasteiger partial charge in [-0.05, 0) is 19.4 Å². The summed E-state index contributed by atoms with van der Waals surface area (Å²) in [6.07, 6.45) is 1.26. The summed E-state index contributed by atoms with van der Waals surface area (Å²) >= 11 is 0. The fourth-order valence-corrected chi connectivity index (χ4v) is 0.463. The highest BCUT2D eigenvalue weighted by Crippen LogP contribution is 1.96. The maximum Gasteiger partial charge on any atom is 0.0190 e. The molecule has 0 aromatic heterocycles. The summed E-state index contributed by atoms with van der Waals surface area (Å²) < 4.78 is 0. The second-order valence-corrected chi connectivity index (χ2v) is 2.21. The smallest absolute Gasteiger partial charge is 0.0190 e. The van der Waals surface area contributed by atoms with E-state index >= 15 is 0 Å². The van der Waals surface area contributed by atoms with E-state index in [4.69, 9.17) is 0 Å². The van der Waals surface area contributed by atoms with E-state index in [1.54, 1.807) is 0 Å². The SMILES string of the molecule is C[CH]NCC(C)CC. The first kappa shape index (κ1) is 7.96. The molecule has 1 heteroatoms. The van der Waals surface area contributed by atoms with Crippen molar-refractivity contribution in [1.82, 2.24) is 5.32 Å². The lowest BCUT2D eigenvalue weighted by Gasteiger charge is -2.06. The van der Waals surface area contributed by atoms with E-state index in [9.17, 15) is 0 Å². The Bertz CT molecular complexity index is 43.7. The number of rotatable bonds is 4. The lowest BCUT2D eigenvalue weighted by atomic mass is 10.1. The van der Waals surface area contributed by atoms with E-state index in [0.29, 0.717) is 0 Å². The van der Waals surface area contributed by atoms with Gasteiger partial charge in [-0.25, -0.2) is 0 Å². The van der Waals surface area contributed by atoms with Crippen LogP contribution in [0, 0.1) is 12.5 Å². The minimum Gasteiger partial charge on any atom is -0.312 e. The molecule has 0 heterocycles. The molecular formula is C7H16N. The molecule has 0 spiro atoms. The van der Waals surface area contributed by atoms with E-state index < -0.39 is 0 Å². The van der Waals surface area contributed by atoms with Gasteiger partial charge in [-0.1, -0.05) is 20.3 Å². The molecule has 1 radical (unpaired) electrons. The predicted molar refractivity (Wildman–Crippen MR) is 37.4 cm³/mol. The number of hydrogen-bond donors (Lipinski definition) is 1. The lowest BCUT2D eigenvalue weighted by Crippen LogP contribution is -2.16. The van der Waals surface area contributed by atoms with Crippen LogP contribution in [0.2, 0.25) is 0 Å². The molecule has 0 aromatic rings. The quantitative estimate of drug-likeness (QED) is 0.587. The second-order valence-electron chi connectivity index (χ2n) is 2.21. The molecule has 1 unspecified atom stereocenters. The Hall–Kier alpha value is -0.0400. The summed E-state index contributed by atoms with van der Waals surface area (Å²) in [7, 11) is 0. The molecule has 0 saturated carbocycles. The molecule has 0 saturated heterocycles. The molecule has 8 heavy (non-hydrogen) atoms. The maximum absolute atomic E-state index is 3.17. The average Bonchev–Trinajstić information content (AvgIpc) is 1.83. The highest BCUT2D eigenvalue weighted by atomic mass is 14.8. The van der Waals surface area contributed by atoms with Crippen molar-refractivity contribution in [2.75, 3.05) is 6.54 Å². The van der Waals surface area contributed by atoms with Crippen LogP contribution < -0.4 is 5.32 Å². The normalized spacial score (nSPS) is 13.9. The van der Waals surface area contributed by atoms with Crippen LogP contribution in [-0.2, 0) is 0 Å². The van der Waals surface area contributed by atoms with Gasteiger partial charge in [0.05, 0.1) is 0 Å². The van der Waals surface area contributed by atoms with Crippen LogP contribution >= 0.6 is 0 Å². The van der Waals surface area contributed by atoms with Crippen LogP contribution in [0.3, 0.4) is 0 Å². The molecule has 1 atom stereocenters. The van der Waals surface area contributed by atoms with Crippen molar-refractivity contribution in [3.8, 4) is 0 Å². The Morgan fingerprint density at radius 2 is 2.25 bits per heavy atom. The van der Waals surface area contributed by atoms with Crippen LogP contribution in [-0.4, -0.2) is 6.54 Å². The van der Waals surface area contributed by atoms with Gasteiger partial charge in [0.25, 0.3) is 0 Å². The number of nitrogens with one attached hydrogen (secondary N) is 1. The highest BCUT2D eigenvalue weighted by Gasteiger charge is 1.93. The van der Waals surface area contributed by atoms with Crippen LogP contribution in [0.5, 0.6) is 0 Å². The molecule has 0 fully saturated rings. The minimum atomic E-state index is 0.811. The molecular weight excluding hydrogens is 98.1 g/mol. The summed E-state index contributed by atoms with van der Waals surface area (Å²) in [4.78, 5) is 0.